The van der Waals surface area contributed by atoms with Crippen molar-refractivity contribution in [1.82, 2.24) is 9.80 Å². The molecule has 0 spiro atoms. The molecule has 0 saturated carbocycles. The number of ether oxygens (including phenoxy) is 1. The Labute approximate surface area is 210 Å². The van der Waals surface area contributed by atoms with Crippen LogP contribution in [0.2, 0.25) is 5.02 Å². The maximum Gasteiger partial charge on any atom is 0.310 e. The molecule has 1 saturated heterocycles. The molecule has 3 aromatic rings. The van der Waals surface area contributed by atoms with Crippen LogP contribution in [0.4, 0.5) is 0 Å². The highest BCUT2D eigenvalue weighted by Gasteiger charge is 2.30. The van der Waals surface area contributed by atoms with Crippen molar-refractivity contribution in [1.29, 1.82) is 0 Å². The fourth-order valence-corrected chi connectivity index (χ4v) is 6.13. The second-order valence-electron chi connectivity index (χ2n) is 8.87. The Morgan fingerprint density at radius 3 is 2.53 bits per heavy atom. The molecule has 0 amide bonds. The Hall–Kier alpha value is -2.31. The van der Waals surface area contributed by atoms with Gasteiger partial charge in [0.1, 0.15) is 6.61 Å². The second-order valence-corrected chi connectivity index (χ2v) is 10.4. The van der Waals surface area contributed by atoms with Gasteiger partial charge in [-0.1, -0.05) is 71.9 Å². The molecule has 4 nitrogen and oxygen atoms in total. The summed E-state index contributed by atoms with van der Waals surface area (Å²) in [5.41, 5.74) is 3.72. The number of carbonyl (C=O) groups excluding carboxylic acids is 1. The Kier molecular flexibility index (Phi) is 7.55. The Balaban J connectivity index is 1.17. The van der Waals surface area contributed by atoms with Crippen LogP contribution in [0.25, 0.3) is 0 Å². The minimum absolute atomic E-state index is 0.158. The lowest BCUT2D eigenvalue weighted by molar-refractivity contribution is -0.143. The van der Waals surface area contributed by atoms with E-state index < -0.39 is 0 Å². The van der Waals surface area contributed by atoms with Gasteiger partial charge in [-0.25, -0.2) is 0 Å². The Morgan fingerprint density at radius 1 is 0.941 bits per heavy atom. The molecule has 0 N–H and O–H groups in total. The molecule has 1 atom stereocenters. The van der Waals surface area contributed by atoms with Crippen molar-refractivity contribution in [2.24, 2.45) is 0 Å². The summed E-state index contributed by atoms with van der Waals surface area (Å²) < 4.78 is 5.50. The number of nitrogens with zero attached hydrogens (tertiary/aromatic N) is 2. The van der Waals surface area contributed by atoms with E-state index in [1.807, 2.05) is 48.2 Å². The zero-order chi connectivity index (χ0) is 23.3. The molecule has 34 heavy (non-hydrogen) atoms. The summed E-state index contributed by atoms with van der Waals surface area (Å²) in [5.74, 6) is -0.158. The van der Waals surface area contributed by atoms with Crippen molar-refractivity contribution in [3.8, 4) is 0 Å². The van der Waals surface area contributed by atoms with Crippen molar-refractivity contribution in [2.75, 3.05) is 39.3 Å². The number of benzene rings is 3. The van der Waals surface area contributed by atoms with Gasteiger partial charge in [0, 0.05) is 53.6 Å². The third-order valence-corrected chi connectivity index (χ3v) is 8.09. The number of piperazine rings is 1. The van der Waals surface area contributed by atoms with E-state index in [4.69, 9.17) is 16.3 Å². The Morgan fingerprint density at radius 2 is 1.71 bits per heavy atom. The maximum absolute atomic E-state index is 12.1. The van der Waals surface area contributed by atoms with Crippen LogP contribution in [-0.2, 0) is 22.4 Å². The van der Waals surface area contributed by atoms with Gasteiger partial charge < -0.3 is 4.74 Å². The van der Waals surface area contributed by atoms with Crippen LogP contribution in [0, 0.1) is 0 Å². The summed E-state index contributed by atoms with van der Waals surface area (Å²) in [7, 11) is 0. The minimum Gasteiger partial charge on any atom is -0.464 e. The first-order valence-electron chi connectivity index (χ1n) is 11.9. The quantitative estimate of drug-likeness (QED) is 0.425. The predicted molar refractivity (Wildman–Crippen MR) is 138 cm³/mol. The van der Waals surface area contributed by atoms with Crippen molar-refractivity contribution in [3.05, 3.63) is 94.5 Å². The summed E-state index contributed by atoms with van der Waals surface area (Å²) in [6.07, 6.45) is 1.30. The smallest absolute Gasteiger partial charge is 0.310 e. The van der Waals surface area contributed by atoms with Gasteiger partial charge in [-0.2, -0.15) is 0 Å². The molecule has 0 aliphatic carbocycles. The number of hydrogen-bond acceptors (Lipinski definition) is 5. The molecule has 3 aromatic carbocycles. The van der Waals surface area contributed by atoms with Gasteiger partial charge >= 0.3 is 5.97 Å². The fraction of sp³-hybridized carbons (Fsp3) is 0.321. The molecule has 176 valence electrons. The number of carbonyl (C=O) groups is 1. The Bertz CT molecular complexity index is 1130. The number of halogens is 1. The van der Waals surface area contributed by atoms with Gasteiger partial charge in [-0.15, -0.1) is 0 Å². The first kappa shape index (κ1) is 23.4. The molecular formula is C28H29ClN2O2S. The van der Waals surface area contributed by atoms with Gasteiger partial charge in [0.25, 0.3) is 0 Å². The first-order chi connectivity index (χ1) is 16.7. The van der Waals surface area contributed by atoms with Crippen molar-refractivity contribution >= 4 is 29.3 Å². The van der Waals surface area contributed by atoms with Gasteiger partial charge in [0.2, 0.25) is 0 Å². The molecule has 1 unspecified atom stereocenters. The zero-order valence-corrected chi connectivity index (χ0v) is 20.7. The van der Waals surface area contributed by atoms with Crippen LogP contribution in [-0.4, -0.2) is 55.1 Å². The van der Waals surface area contributed by atoms with Crippen LogP contribution in [0.15, 0.2) is 82.6 Å². The molecule has 6 heteroatoms. The standard InChI is InChI=1S/C28H29ClN2O2S/c29-23-10-11-26-22(19-23)20-25(24-8-4-5-9-27(24)34-26)31-14-12-30(13-15-31)16-17-33-28(32)18-21-6-2-1-3-7-21/h1-11,19,25H,12-18,20H2. The van der Waals surface area contributed by atoms with E-state index in [1.165, 1.54) is 20.9 Å². The highest BCUT2D eigenvalue weighted by molar-refractivity contribution is 7.99. The lowest BCUT2D eigenvalue weighted by Gasteiger charge is -2.39. The SMILES string of the molecule is O=C(Cc1ccccc1)OCCN1CCN(C2Cc3cc(Cl)ccc3Sc3ccccc32)CC1. The number of hydrogen-bond donors (Lipinski definition) is 0. The van der Waals surface area contributed by atoms with Crippen LogP contribution in [0.3, 0.4) is 0 Å². The molecule has 2 aliphatic rings. The third-order valence-electron chi connectivity index (χ3n) is 6.64. The normalized spacial score (nSPS) is 18.6. The number of fused-ring (bicyclic) bond motifs is 2. The van der Waals surface area contributed by atoms with Crippen molar-refractivity contribution in [3.63, 3.8) is 0 Å². The average molecular weight is 493 g/mol. The van der Waals surface area contributed by atoms with E-state index in [9.17, 15) is 4.79 Å². The molecule has 2 heterocycles. The van der Waals surface area contributed by atoms with E-state index >= 15 is 0 Å². The lowest BCUT2D eigenvalue weighted by Crippen LogP contribution is -2.48. The molecule has 1 fully saturated rings. The summed E-state index contributed by atoms with van der Waals surface area (Å²) in [5, 5.41) is 0.802. The third kappa shape index (κ3) is 5.66. The van der Waals surface area contributed by atoms with Gasteiger partial charge in [0.15, 0.2) is 0 Å². The van der Waals surface area contributed by atoms with E-state index in [2.05, 4.69) is 46.2 Å². The largest absolute Gasteiger partial charge is 0.464 e. The lowest BCUT2D eigenvalue weighted by atomic mass is 9.96. The second kappa shape index (κ2) is 11.0. The summed E-state index contributed by atoms with van der Waals surface area (Å²) in [6.45, 7) is 5.17. The van der Waals surface area contributed by atoms with Crippen LogP contribution < -0.4 is 0 Å². The summed E-state index contributed by atoms with van der Waals surface area (Å²) in [4.78, 5) is 19.8. The monoisotopic (exact) mass is 492 g/mol. The average Bonchev–Trinajstić information content (AvgIpc) is 3.02. The van der Waals surface area contributed by atoms with E-state index in [0.717, 1.165) is 49.7 Å². The molecule has 5 rings (SSSR count). The van der Waals surface area contributed by atoms with Crippen molar-refractivity contribution in [2.45, 2.75) is 28.7 Å². The van der Waals surface area contributed by atoms with E-state index in [0.29, 0.717) is 19.1 Å². The van der Waals surface area contributed by atoms with Crippen LogP contribution in [0.1, 0.15) is 22.7 Å². The molecule has 0 aromatic heterocycles. The van der Waals surface area contributed by atoms with Gasteiger partial charge in [-0.05, 0) is 47.4 Å². The molecule has 0 bridgehead atoms. The molecule has 0 radical (unpaired) electrons. The van der Waals surface area contributed by atoms with E-state index in [-0.39, 0.29) is 5.97 Å². The molecular weight excluding hydrogens is 464 g/mol. The van der Waals surface area contributed by atoms with Gasteiger partial charge in [0.05, 0.1) is 6.42 Å². The highest BCUT2D eigenvalue weighted by atomic mass is 35.5. The van der Waals surface area contributed by atoms with E-state index in [1.54, 1.807) is 0 Å². The van der Waals surface area contributed by atoms with Gasteiger partial charge in [-0.3, -0.25) is 14.6 Å². The van der Waals surface area contributed by atoms with Crippen LogP contribution in [0.5, 0.6) is 0 Å². The summed E-state index contributed by atoms with van der Waals surface area (Å²) in [6, 6.07) is 25.1. The van der Waals surface area contributed by atoms with Crippen molar-refractivity contribution < 1.29 is 9.53 Å². The minimum atomic E-state index is -0.158. The summed E-state index contributed by atoms with van der Waals surface area (Å²) >= 11 is 8.19. The maximum atomic E-state index is 12.1. The number of esters is 1. The van der Waals surface area contributed by atoms with Crippen LogP contribution >= 0.6 is 23.4 Å². The highest BCUT2D eigenvalue weighted by Crippen LogP contribution is 2.43. The zero-order valence-electron chi connectivity index (χ0n) is 19.2. The first-order valence-corrected chi connectivity index (χ1v) is 13.1. The molecule has 2 aliphatic heterocycles. The topological polar surface area (TPSA) is 32.8 Å². The fourth-order valence-electron chi connectivity index (χ4n) is 4.82. The number of rotatable bonds is 6. The predicted octanol–water partition coefficient (Wildman–Crippen LogP) is 5.49.